The minimum atomic E-state index is 0.321. The molecule has 15 heavy (non-hydrogen) atoms. The average Bonchev–Trinajstić information content (AvgIpc) is 2.25. The Morgan fingerprint density at radius 2 is 1.60 bits per heavy atom. The molecule has 0 aromatic heterocycles. The van der Waals surface area contributed by atoms with E-state index in [0.717, 1.165) is 3.92 Å². The number of nitrogens with zero attached hydrogens (tertiary/aromatic N) is 3. The normalized spacial score (nSPS) is 28.7. The van der Waals surface area contributed by atoms with E-state index in [1.165, 1.54) is 52.1 Å². The molecule has 2 heterocycles. The van der Waals surface area contributed by atoms with Crippen molar-refractivity contribution in [1.82, 2.24) is 9.34 Å². The van der Waals surface area contributed by atoms with Crippen molar-refractivity contribution in [3.8, 4) is 0 Å². The van der Waals surface area contributed by atoms with Crippen molar-refractivity contribution in [2.45, 2.75) is 16.8 Å². The summed E-state index contributed by atoms with van der Waals surface area (Å²) in [7, 11) is 0. The first-order valence-corrected chi connectivity index (χ1v) is 9.67. The number of hydrogen-bond acceptors (Lipinski definition) is 3. The molecule has 2 rings (SSSR count). The number of piperidine rings is 1. The van der Waals surface area contributed by atoms with Crippen molar-refractivity contribution in [3.05, 3.63) is 0 Å². The zero-order chi connectivity index (χ0) is 10.7. The molecule has 2 aliphatic rings. The van der Waals surface area contributed by atoms with Crippen LogP contribution in [0, 0.1) is 0 Å². The van der Waals surface area contributed by atoms with Crippen LogP contribution in [0.3, 0.4) is 0 Å². The Hall–Kier alpha value is 2.07. The van der Waals surface area contributed by atoms with Gasteiger partial charge in [0.1, 0.15) is 0 Å². The van der Waals surface area contributed by atoms with E-state index >= 15 is 0 Å². The third-order valence-electron chi connectivity index (χ3n) is 2.83. The zero-order valence-electron chi connectivity index (χ0n) is 8.74. The molecule has 0 unspecified atom stereocenters. The van der Waals surface area contributed by atoms with Crippen LogP contribution in [0.4, 0.5) is 0 Å². The second-order valence-corrected chi connectivity index (χ2v) is 10.5. The molecule has 0 atom stereocenters. The molecule has 0 spiro atoms. The van der Waals surface area contributed by atoms with Crippen LogP contribution in [0.2, 0.25) is 0 Å². The van der Waals surface area contributed by atoms with Crippen LogP contribution in [0.15, 0.2) is 0 Å². The van der Waals surface area contributed by atoms with Gasteiger partial charge in [-0.3, -0.25) is 0 Å². The molecule has 0 amide bonds. The predicted octanol–water partition coefficient (Wildman–Crippen LogP) is -5.38. The summed E-state index contributed by atoms with van der Waals surface area (Å²) in [5.41, 5.74) is 0. The van der Waals surface area contributed by atoms with Crippen LogP contribution < -0.4 is 44.3 Å². The number of halogens is 3. The first-order chi connectivity index (χ1) is 7.24. The Kier molecular flexibility index (Phi) is 6.17. The van der Waals surface area contributed by atoms with Gasteiger partial charge in [0, 0.05) is 0 Å². The molecule has 0 N–H and O–H groups in total. The van der Waals surface area contributed by atoms with E-state index in [1.807, 2.05) is 0 Å². The van der Waals surface area contributed by atoms with Gasteiger partial charge in [-0.25, -0.2) is 0 Å². The summed E-state index contributed by atoms with van der Waals surface area (Å²) >= 11 is 4.96. The van der Waals surface area contributed by atoms with Gasteiger partial charge in [0.2, 0.25) is 0 Å². The van der Waals surface area contributed by atoms with Crippen molar-refractivity contribution in [3.63, 3.8) is 0 Å². The first kappa shape index (κ1) is 13.5. The molecule has 2 aliphatic heterocycles. The number of alkyl halides is 1. The maximum atomic E-state index is 2.77. The SMILES string of the molecule is IN1CCN([I-]C2CCN([IH+])CC2)CC1. The van der Waals surface area contributed by atoms with Crippen LogP contribution in [0.5, 0.6) is 0 Å². The average molecular weight is 549 g/mol. The fraction of sp³-hybridized carbons (Fsp3) is 1.00. The Bertz CT molecular complexity index is 169. The molecule has 0 radical (unpaired) electrons. The second-order valence-electron chi connectivity index (χ2n) is 4.02. The van der Waals surface area contributed by atoms with Crippen molar-refractivity contribution in [2.75, 3.05) is 39.3 Å². The molecule has 6 heteroatoms. The van der Waals surface area contributed by atoms with Crippen LogP contribution in [0.1, 0.15) is 12.8 Å². The summed E-state index contributed by atoms with van der Waals surface area (Å²) in [5, 5.41) is 0. The molecule has 2 fully saturated rings. The van der Waals surface area contributed by atoms with Crippen molar-refractivity contribution in [2.24, 2.45) is 0 Å². The molecule has 0 aromatic carbocycles. The van der Waals surface area contributed by atoms with E-state index in [-0.39, 0.29) is 0 Å². The Morgan fingerprint density at radius 3 is 2.20 bits per heavy atom. The quantitative estimate of drug-likeness (QED) is 0.194. The fourth-order valence-corrected chi connectivity index (χ4v) is 6.12. The van der Waals surface area contributed by atoms with Gasteiger partial charge in [-0.05, 0) is 0 Å². The fourth-order valence-electron chi connectivity index (χ4n) is 1.87. The Labute approximate surface area is 131 Å². The van der Waals surface area contributed by atoms with Crippen LogP contribution >= 0.6 is 22.9 Å². The van der Waals surface area contributed by atoms with Gasteiger partial charge in [0.05, 0.1) is 0 Å². The monoisotopic (exact) mass is 549 g/mol. The van der Waals surface area contributed by atoms with E-state index in [4.69, 9.17) is 0 Å². The van der Waals surface area contributed by atoms with Crippen molar-refractivity contribution in [1.29, 1.82) is 0 Å². The molecule has 90 valence electrons. The number of piperazine rings is 1. The van der Waals surface area contributed by atoms with Gasteiger partial charge >= 0.3 is 133 Å². The minimum absolute atomic E-state index is 0.321. The molecular weight excluding hydrogens is 531 g/mol. The van der Waals surface area contributed by atoms with Crippen LogP contribution in [-0.2, 0) is 0 Å². The summed E-state index contributed by atoms with van der Waals surface area (Å²) < 4.78 is 8.75. The summed E-state index contributed by atoms with van der Waals surface area (Å²) in [5.74, 6) is 0. The molecule has 0 bridgehead atoms. The third-order valence-corrected chi connectivity index (χ3v) is 8.62. The number of rotatable bonds is 2. The van der Waals surface area contributed by atoms with Crippen molar-refractivity contribution < 1.29 is 44.3 Å². The van der Waals surface area contributed by atoms with Gasteiger partial charge < -0.3 is 0 Å². The molecule has 3 nitrogen and oxygen atoms in total. The summed E-state index contributed by atoms with van der Waals surface area (Å²) in [4.78, 5) is 0. The third kappa shape index (κ3) is 4.68. The Balaban J connectivity index is 1.68. The second kappa shape index (κ2) is 6.86. The predicted molar refractivity (Wildman–Crippen MR) is 63.2 cm³/mol. The Morgan fingerprint density at radius 1 is 1.00 bits per heavy atom. The molecule has 0 saturated carbocycles. The zero-order valence-corrected chi connectivity index (χ0v) is 15.4. The van der Waals surface area contributed by atoms with E-state index in [1.54, 1.807) is 0 Å². The molecule has 0 aromatic rings. The van der Waals surface area contributed by atoms with Crippen molar-refractivity contribution >= 4 is 22.9 Å². The maximum absolute atomic E-state index is 2.77. The van der Waals surface area contributed by atoms with E-state index in [9.17, 15) is 0 Å². The van der Waals surface area contributed by atoms with Gasteiger partial charge in [-0.15, -0.1) is 0 Å². The summed E-state index contributed by atoms with van der Waals surface area (Å²) in [6, 6.07) is 0. The molecule has 0 aliphatic carbocycles. The van der Waals surface area contributed by atoms with Crippen LogP contribution in [-0.4, -0.2) is 52.5 Å². The van der Waals surface area contributed by atoms with E-state index in [0.29, 0.717) is 21.5 Å². The van der Waals surface area contributed by atoms with Gasteiger partial charge in [-0.1, -0.05) is 0 Å². The van der Waals surface area contributed by atoms with E-state index in [2.05, 4.69) is 55.1 Å². The van der Waals surface area contributed by atoms with Gasteiger partial charge in [0.15, 0.2) is 0 Å². The number of hydrogen-bond donors (Lipinski definition) is 0. The van der Waals surface area contributed by atoms with Gasteiger partial charge in [0.25, 0.3) is 0 Å². The first-order valence-electron chi connectivity index (χ1n) is 5.45. The van der Waals surface area contributed by atoms with Gasteiger partial charge in [-0.2, -0.15) is 0 Å². The molecule has 2 saturated heterocycles. The molecular formula is C9H18I3N3. The summed E-state index contributed by atoms with van der Waals surface area (Å²) in [6.45, 7) is 7.86. The summed E-state index contributed by atoms with van der Waals surface area (Å²) in [6.07, 6.45) is 2.91. The van der Waals surface area contributed by atoms with Crippen LogP contribution in [0.25, 0.3) is 0 Å². The standard InChI is InChI=1S/C9H18I3N3/c10-13-3-1-9(2-4-13)12-15-7-5-14(11)6-8-15/h9-10H,1-8H2. The van der Waals surface area contributed by atoms with E-state index < -0.39 is 0 Å². The topological polar surface area (TPSA) is 9.72 Å².